The van der Waals surface area contributed by atoms with Crippen LogP contribution in [0.3, 0.4) is 0 Å². The lowest BCUT2D eigenvalue weighted by molar-refractivity contribution is -0.121. The zero-order valence-corrected chi connectivity index (χ0v) is 10.2. The lowest BCUT2D eigenvalue weighted by Gasteiger charge is -2.11. The molecule has 0 heterocycles. The van der Waals surface area contributed by atoms with Crippen LogP contribution >= 0.6 is 0 Å². The molecule has 0 fully saturated rings. The first-order valence-electron chi connectivity index (χ1n) is 5.41. The van der Waals surface area contributed by atoms with E-state index in [1.807, 2.05) is 12.1 Å². The zero-order valence-electron chi connectivity index (χ0n) is 10.2. The number of nitrogens with two attached hydrogens (primary N) is 1. The summed E-state index contributed by atoms with van der Waals surface area (Å²) in [6, 6.07) is 5.50. The molecule has 0 spiro atoms. The molecule has 0 aliphatic rings. The van der Waals surface area contributed by atoms with Crippen molar-refractivity contribution < 1.29 is 14.3 Å². The predicted molar refractivity (Wildman–Crippen MR) is 65.1 cm³/mol. The Hall–Kier alpha value is -1.75. The second kappa shape index (κ2) is 6.75. The van der Waals surface area contributed by atoms with Crippen LogP contribution in [0.2, 0.25) is 0 Å². The fourth-order valence-corrected chi connectivity index (χ4v) is 1.34. The number of hydrogen-bond acceptors (Lipinski definition) is 4. The minimum atomic E-state index is -0.0532. The summed E-state index contributed by atoms with van der Waals surface area (Å²) in [6.45, 7) is 0.771. The van der Waals surface area contributed by atoms with Crippen LogP contribution in [0.4, 0.5) is 0 Å². The molecule has 1 aromatic carbocycles. The predicted octanol–water partition coefficient (Wildman–Crippen LogP) is 0.669. The Labute approximate surface area is 101 Å². The van der Waals surface area contributed by atoms with Gasteiger partial charge in [-0.2, -0.15) is 0 Å². The van der Waals surface area contributed by atoms with Crippen LogP contribution in [0.1, 0.15) is 12.0 Å². The van der Waals surface area contributed by atoms with Crippen LogP contribution in [-0.4, -0.2) is 26.7 Å². The van der Waals surface area contributed by atoms with E-state index in [4.69, 9.17) is 15.2 Å². The number of carbonyl (C=O) groups is 1. The topological polar surface area (TPSA) is 73.6 Å². The molecular formula is C12H18N2O3. The summed E-state index contributed by atoms with van der Waals surface area (Å²) in [5, 5.41) is 2.53. The fraction of sp³-hybridized carbons (Fsp3) is 0.417. The molecule has 0 atom stereocenters. The van der Waals surface area contributed by atoms with Crippen molar-refractivity contribution in [2.45, 2.75) is 13.0 Å². The summed E-state index contributed by atoms with van der Waals surface area (Å²) in [5.41, 5.74) is 6.50. The van der Waals surface area contributed by atoms with Gasteiger partial charge in [0.05, 0.1) is 20.1 Å². The smallest absolute Gasteiger partial charge is 0.223 e. The molecule has 94 valence electrons. The van der Waals surface area contributed by atoms with Gasteiger partial charge in [-0.05, 0) is 17.7 Å². The lowest BCUT2D eigenvalue weighted by atomic mass is 10.2. The van der Waals surface area contributed by atoms with Gasteiger partial charge in [0.25, 0.3) is 0 Å². The van der Waals surface area contributed by atoms with E-state index in [9.17, 15) is 4.79 Å². The van der Waals surface area contributed by atoms with Gasteiger partial charge in [0.2, 0.25) is 5.91 Å². The molecule has 0 aliphatic carbocycles. The first-order valence-corrected chi connectivity index (χ1v) is 5.41. The molecule has 1 amide bonds. The van der Waals surface area contributed by atoms with E-state index in [2.05, 4.69) is 5.32 Å². The van der Waals surface area contributed by atoms with Crippen LogP contribution in [-0.2, 0) is 11.3 Å². The minimum absolute atomic E-state index is 0.0532. The largest absolute Gasteiger partial charge is 0.493 e. The van der Waals surface area contributed by atoms with Crippen LogP contribution in [0, 0.1) is 0 Å². The maximum Gasteiger partial charge on any atom is 0.223 e. The summed E-state index contributed by atoms with van der Waals surface area (Å²) in [4.78, 5) is 11.0. The number of ether oxygens (including phenoxy) is 2. The van der Waals surface area contributed by atoms with Gasteiger partial charge in [0, 0.05) is 13.6 Å². The van der Waals surface area contributed by atoms with Crippen molar-refractivity contribution in [2.75, 3.05) is 20.8 Å². The van der Waals surface area contributed by atoms with Crippen molar-refractivity contribution in [3.8, 4) is 11.5 Å². The lowest BCUT2D eigenvalue weighted by Crippen LogP contribution is -2.20. The highest BCUT2D eigenvalue weighted by Gasteiger charge is 2.06. The number of amides is 1. The van der Waals surface area contributed by atoms with Crippen LogP contribution < -0.4 is 20.5 Å². The fourth-order valence-electron chi connectivity index (χ4n) is 1.34. The van der Waals surface area contributed by atoms with E-state index in [-0.39, 0.29) is 5.91 Å². The van der Waals surface area contributed by atoms with E-state index in [0.717, 1.165) is 5.56 Å². The van der Waals surface area contributed by atoms with Crippen LogP contribution in [0.5, 0.6) is 11.5 Å². The molecule has 3 N–H and O–H groups in total. The third-order valence-corrected chi connectivity index (χ3v) is 2.33. The molecule has 1 aromatic rings. The maximum atomic E-state index is 11.0. The molecule has 0 saturated heterocycles. The summed E-state index contributed by atoms with van der Waals surface area (Å²) < 4.78 is 10.7. The molecule has 0 aliphatic heterocycles. The number of carbonyl (C=O) groups excluding carboxylic acids is 1. The summed E-state index contributed by atoms with van der Waals surface area (Å²) in [6.07, 6.45) is 0.318. The van der Waals surface area contributed by atoms with Crippen molar-refractivity contribution in [1.29, 1.82) is 0 Å². The highest BCUT2D eigenvalue weighted by Crippen LogP contribution is 2.27. The number of methoxy groups -OCH3 is 1. The van der Waals surface area contributed by atoms with Gasteiger partial charge in [0.15, 0.2) is 11.5 Å². The van der Waals surface area contributed by atoms with E-state index >= 15 is 0 Å². The molecule has 5 heteroatoms. The molecule has 5 nitrogen and oxygen atoms in total. The zero-order chi connectivity index (χ0) is 12.7. The molecule has 0 bridgehead atoms. The van der Waals surface area contributed by atoms with Crippen molar-refractivity contribution in [2.24, 2.45) is 5.73 Å². The Bertz CT molecular complexity index is 380. The van der Waals surface area contributed by atoms with Crippen molar-refractivity contribution in [3.63, 3.8) is 0 Å². The first kappa shape index (κ1) is 13.3. The van der Waals surface area contributed by atoms with E-state index < -0.39 is 0 Å². The van der Waals surface area contributed by atoms with Crippen LogP contribution in [0.25, 0.3) is 0 Å². The SMILES string of the molecule is CNC(=O)CCOc1ccc(CN)cc1OC. The third-order valence-electron chi connectivity index (χ3n) is 2.33. The van der Waals surface area contributed by atoms with Crippen LogP contribution in [0.15, 0.2) is 18.2 Å². The second-order valence-corrected chi connectivity index (χ2v) is 3.46. The average Bonchev–Trinajstić information content (AvgIpc) is 2.38. The van der Waals surface area contributed by atoms with Crippen molar-refractivity contribution >= 4 is 5.91 Å². The Kier molecular flexibility index (Phi) is 5.29. The highest BCUT2D eigenvalue weighted by molar-refractivity contribution is 5.75. The van der Waals surface area contributed by atoms with Crippen molar-refractivity contribution in [3.05, 3.63) is 23.8 Å². The Morgan fingerprint density at radius 3 is 2.76 bits per heavy atom. The third kappa shape index (κ3) is 3.96. The van der Waals surface area contributed by atoms with E-state index in [1.54, 1.807) is 20.2 Å². The molecule has 17 heavy (non-hydrogen) atoms. The average molecular weight is 238 g/mol. The summed E-state index contributed by atoms with van der Waals surface area (Å²) >= 11 is 0. The summed E-state index contributed by atoms with van der Waals surface area (Å²) in [5.74, 6) is 1.20. The number of nitrogens with one attached hydrogen (secondary N) is 1. The number of benzene rings is 1. The normalized spacial score (nSPS) is 9.82. The maximum absolute atomic E-state index is 11.0. The van der Waals surface area contributed by atoms with Gasteiger partial charge in [0.1, 0.15) is 0 Å². The van der Waals surface area contributed by atoms with Gasteiger partial charge >= 0.3 is 0 Å². The number of rotatable bonds is 6. The quantitative estimate of drug-likeness (QED) is 0.764. The van der Waals surface area contributed by atoms with Gasteiger partial charge in [-0.1, -0.05) is 6.07 Å². The first-order chi connectivity index (χ1) is 8.21. The standard InChI is InChI=1S/C12H18N2O3/c1-14-12(15)5-6-17-10-4-3-9(8-13)7-11(10)16-2/h3-4,7H,5-6,8,13H2,1-2H3,(H,14,15). The molecule has 0 radical (unpaired) electrons. The Balaban J connectivity index is 2.61. The van der Waals surface area contributed by atoms with Gasteiger partial charge in [-0.25, -0.2) is 0 Å². The molecule has 0 aromatic heterocycles. The van der Waals surface area contributed by atoms with Gasteiger partial charge in [-0.15, -0.1) is 0 Å². The number of hydrogen-bond donors (Lipinski definition) is 2. The molecule has 0 saturated carbocycles. The Morgan fingerprint density at radius 2 is 2.18 bits per heavy atom. The van der Waals surface area contributed by atoms with Gasteiger partial charge in [-0.3, -0.25) is 4.79 Å². The molecular weight excluding hydrogens is 220 g/mol. The van der Waals surface area contributed by atoms with Crippen molar-refractivity contribution in [1.82, 2.24) is 5.32 Å². The molecule has 0 unspecified atom stereocenters. The highest BCUT2D eigenvalue weighted by atomic mass is 16.5. The molecule has 1 rings (SSSR count). The Morgan fingerprint density at radius 1 is 1.41 bits per heavy atom. The van der Waals surface area contributed by atoms with E-state index in [0.29, 0.717) is 31.1 Å². The van der Waals surface area contributed by atoms with Gasteiger partial charge < -0.3 is 20.5 Å². The van der Waals surface area contributed by atoms with E-state index in [1.165, 1.54) is 0 Å². The second-order valence-electron chi connectivity index (χ2n) is 3.46. The monoisotopic (exact) mass is 238 g/mol. The minimum Gasteiger partial charge on any atom is -0.493 e. The summed E-state index contributed by atoms with van der Waals surface area (Å²) in [7, 11) is 3.17.